The van der Waals surface area contributed by atoms with Gasteiger partial charge in [0.2, 0.25) is 5.82 Å². The lowest BCUT2D eigenvalue weighted by atomic mass is 9.88. The summed E-state index contributed by atoms with van der Waals surface area (Å²) in [7, 11) is 0. The van der Waals surface area contributed by atoms with E-state index in [-0.39, 0.29) is 11.4 Å². The highest BCUT2D eigenvalue weighted by Crippen LogP contribution is 2.38. The van der Waals surface area contributed by atoms with Gasteiger partial charge in [-0.3, -0.25) is 10.1 Å². The van der Waals surface area contributed by atoms with Crippen LogP contribution >= 0.6 is 0 Å². The summed E-state index contributed by atoms with van der Waals surface area (Å²) in [5.74, 6) is -1.11. The van der Waals surface area contributed by atoms with Crippen LogP contribution in [0.4, 0.5) is 11.5 Å². The number of carboxylic acid groups (broad SMARTS) is 1. The van der Waals surface area contributed by atoms with E-state index >= 15 is 0 Å². The average molecular weight is 290 g/mol. The molecular formula is C13H14N4O4. The number of aromatic nitrogens is 1. The largest absolute Gasteiger partial charge is 0.480 e. The topological polar surface area (TPSA) is 120 Å². The maximum atomic E-state index is 11.6. The van der Waals surface area contributed by atoms with Gasteiger partial charge in [0.1, 0.15) is 17.2 Å². The predicted octanol–water partition coefficient (Wildman–Crippen LogP) is 1.70. The molecule has 2 rings (SSSR count). The second kappa shape index (κ2) is 5.36. The minimum atomic E-state index is -1.26. The molecule has 0 amide bonds. The number of rotatable bonds is 3. The van der Waals surface area contributed by atoms with Crippen molar-refractivity contribution in [2.75, 3.05) is 11.4 Å². The molecule has 0 aromatic carbocycles. The van der Waals surface area contributed by atoms with E-state index in [9.17, 15) is 20.0 Å². The summed E-state index contributed by atoms with van der Waals surface area (Å²) in [4.78, 5) is 27.6. The molecule has 1 atom stereocenters. The maximum absolute atomic E-state index is 11.6. The van der Waals surface area contributed by atoms with Gasteiger partial charge >= 0.3 is 11.7 Å². The number of piperidine rings is 1. The van der Waals surface area contributed by atoms with Crippen LogP contribution in [0.3, 0.4) is 0 Å². The number of carboxylic acids is 1. The first-order valence-corrected chi connectivity index (χ1v) is 6.46. The lowest BCUT2D eigenvalue weighted by molar-refractivity contribution is -0.384. The van der Waals surface area contributed by atoms with Gasteiger partial charge in [-0.15, -0.1) is 0 Å². The molecule has 2 heterocycles. The van der Waals surface area contributed by atoms with E-state index < -0.39 is 22.1 Å². The third kappa shape index (κ3) is 2.38. The molecule has 1 aliphatic rings. The normalized spacial score (nSPS) is 21.6. The van der Waals surface area contributed by atoms with Gasteiger partial charge in [0, 0.05) is 12.7 Å². The van der Waals surface area contributed by atoms with Gasteiger partial charge in [-0.05, 0) is 32.3 Å². The highest BCUT2D eigenvalue weighted by atomic mass is 16.6. The summed E-state index contributed by atoms with van der Waals surface area (Å²) in [6, 6.07) is 3.01. The minimum absolute atomic E-state index is 0.0522. The molecule has 0 saturated carbocycles. The van der Waals surface area contributed by atoms with Crippen LogP contribution in [0.15, 0.2) is 12.3 Å². The Morgan fingerprint density at radius 1 is 1.62 bits per heavy atom. The Hall–Kier alpha value is -2.69. The van der Waals surface area contributed by atoms with Crippen molar-refractivity contribution in [3.05, 3.63) is 27.9 Å². The van der Waals surface area contributed by atoms with Gasteiger partial charge in [0.15, 0.2) is 0 Å². The number of nitro groups is 1. The molecule has 1 fully saturated rings. The number of aliphatic carboxylic acids is 1. The first-order chi connectivity index (χ1) is 9.91. The number of nitrogens with zero attached hydrogens (tertiary/aromatic N) is 4. The Kier molecular flexibility index (Phi) is 3.76. The number of anilines is 1. The van der Waals surface area contributed by atoms with Crippen molar-refractivity contribution >= 4 is 17.5 Å². The Morgan fingerprint density at radius 3 is 2.90 bits per heavy atom. The molecule has 8 nitrogen and oxygen atoms in total. The second-order valence-corrected chi connectivity index (χ2v) is 5.09. The molecule has 0 radical (unpaired) electrons. The number of carbonyl (C=O) groups is 1. The fourth-order valence-corrected chi connectivity index (χ4v) is 2.59. The van der Waals surface area contributed by atoms with Crippen LogP contribution in [0.1, 0.15) is 31.7 Å². The van der Waals surface area contributed by atoms with Crippen LogP contribution in [0.5, 0.6) is 0 Å². The monoisotopic (exact) mass is 290 g/mol. The van der Waals surface area contributed by atoms with Crippen LogP contribution in [-0.2, 0) is 4.79 Å². The van der Waals surface area contributed by atoms with Crippen molar-refractivity contribution in [2.45, 2.75) is 31.7 Å². The lowest BCUT2D eigenvalue weighted by Crippen LogP contribution is -2.56. The van der Waals surface area contributed by atoms with Gasteiger partial charge in [-0.1, -0.05) is 0 Å². The highest BCUT2D eigenvalue weighted by Gasteiger charge is 2.44. The van der Waals surface area contributed by atoms with Gasteiger partial charge in [-0.2, -0.15) is 5.26 Å². The summed E-state index contributed by atoms with van der Waals surface area (Å²) in [5.41, 5.74) is -1.82. The fraction of sp³-hybridized carbons (Fsp3) is 0.462. The fourth-order valence-electron chi connectivity index (χ4n) is 2.59. The number of hydrogen-bond donors (Lipinski definition) is 1. The Labute approximate surface area is 120 Å². The molecule has 110 valence electrons. The summed E-state index contributed by atoms with van der Waals surface area (Å²) in [6.07, 6.45) is 3.11. The molecule has 0 spiro atoms. The van der Waals surface area contributed by atoms with E-state index in [2.05, 4.69) is 4.98 Å². The van der Waals surface area contributed by atoms with Crippen LogP contribution in [0.2, 0.25) is 0 Å². The molecule has 1 aromatic heterocycles. The van der Waals surface area contributed by atoms with Gasteiger partial charge < -0.3 is 10.0 Å². The molecule has 0 aliphatic carbocycles. The number of pyridine rings is 1. The zero-order valence-electron chi connectivity index (χ0n) is 11.4. The van der Waals surface area contributed by atoms with Gasteiger partial charge in [0.05, 0.1) is 4.92 Å². The van der Waals surface area contributed by atoms with Crippen molar-refractivity contribution in [3.8, 4) is 6.07 Å². The van der Waals surface area contributed by atoms with E-state index in [1.54, 1.807) is 6.07 Å². The summed E-state index contributed by atoms with van der Waals surface area (Å²) < 4.78 is 0. The molecule has 1 unspecified atom stereocenters. The SMILES string of the molecule is CC1(C(=O)O)CCCCN1c1nccc(C#N)c1[N+](=O)[O-]. The average Bonchev–Trinajstić information content (AvgIpc) is 2.46. The van der Waals surface area contributed by atoms with Crippen molar-refractivity contribution in [1.82, 2.24) is 4.98 Å². The number of nitriles is 1. The molecular weight excluding hydrogens is 276 g/mol. The van der Waals surface area contributed by atoms with Crippen molar-refractivity contribution < 1.29 is 14.8 Å². The van der Waals surface area contributed by atoms with Gasteiger partial charge in [-0.25, -0.2) is 9.78 Å². The third-order valence-corrected chi connectivity index (χ3v) is 3.82. The predicted molar refractivity (Wildman–Crippen MR) is 72.8 cm³/mol. The van der Waals surface area contributed by atoms with Crippen molar-refractivity contribution in [3.63, 3.8) is 0 Å². The Balaban J connectivity index is 2.62. The van der Waals surface area contributed by atoms with Crippen LogP contribution < -0.4 is 4.90 Å². The maximum Gasteiger partial charge on any atom is 0.329 e. The molecule has 1 aliphatic heterocycles. The first-order valence-electron chi connectivity index (χ1n) is 6.46. The van der Waals surface area contributed by atoms with Crippen LogP contribution in [0.25, 0.3) is 0 Å². The zero-order valence-corrected chi connectivity index (χ0v) is 11.4. The van der Waals surface area contributed by atoms with E-state index in [0.29, 0.717) is 13.0 Å². The molecule has 1 saturated heterocycles. The first kappa shape index (κ1) is 14.7. The minimum Gasteiger partial charge on any atom is -0.480 e. The Bertz CT molecular complexity index is 640. The van der Waals surface area contributed by atoms with E-state index in [0.717, 1.165) is 12.8 Å². The molecule has 0 bridgehead atoms. The van der Waals surface area contributed by atoms with Crippen molar-refractivity contribution in [2.24, 2.45) is 0 Å². The summed E-state index contributed by atoms with van der Waals surface area (Å²) in [6.45, 7) is 1.88. The van der Waals surface area contributed by atoms with E-state index in [1.807, 2.05) is 0 Å². The van der Waals surface area contributed by atoms with Crippen LogP contribution in [0, 0.1) is 21.4 Å². The molecule has 1 aromatic rings. The van der Waals surface area contributed by atoms with E-state index in [1.165, 1.54) is 24.1 Å². The molecule has 8 heteroatoms. The van der Waals surface area contributed by atoms with Gasteiger partial charge in [0.25, 0.3) is 0 Å². The zero-order chi connectivity index (χ0) is 15.6. The highest BCUT2D eigenvalue weighted by molar-refractivity contribution is 5.84. The summed E-state index contributed by atoms with van der Waals surface area (Å²) >= 11 is 0. The molecule has 1 N–H and O–H groups in total. The molecule has 21 heavy (non-hydrogen) atoms. The quantitative estimate of drug-likeness (QED) is 0.664. The van der Waals surface area contributed by atoms with Crippen molar-refractivity contribution in [1.29, 1.82) is 5.26 Å². The second-order valence-electron chi connectivity index (χ2n) is 5.09. The number of hydrogen-bond acceptors (Lipinski definition) is 6. The summed E-state index contributed by atoms with van der Waals surface area (Å²) in [5, 5.41) is 29.8. The van der Waals surface area contributed by atoms with Crippen LogP contribution in [-0.4, -0.2) is 33.1 Å². The standard InChI is InChI=1S/C13H14N4O4/c1-13(12(18)19)5-2-3-7-16(13)11-10(17(20)21)9(8-14)4-6-15-11/h4,6H,2-3,5,7H2,1H3,(H,18,19). The smallest absolute Gasteiger partial charge is 0.329 e. The lowest BCUT2D eigenvalue weighted by Gasteiger charge is -2.42. The van der Waals surface area contributed by atoms with E-state index in [4.69, 9.17) is 5.26 Å². The Morgan fingerprint density at radius 2 is 2.33 bits per heavy atom. The third-order valence-electron chi connectivity index (χ3n) is 3.82.